The molecule has 1 amide bonds. The molecule has 0 aliphatic rings. The van der Waals surface area contributed by atoms with Crippen LogP contribution in [0.1, 0.15) is 13.8 Å². The van der Waals surface area contributed by atoms with Crippen molar-refractivity contribution in [3.8, 4) is 17.2 Å². The van der Waals surface area contributed by atoms with Gasteiger partial charge >= 0.3 is 0 Å². The van der Waals surface area contributed by atoms with Crippen molar-refractivity contribution in [3.63, 3.8) is 0 Å². The predicted molar refractivity (Wildman–Crippen MR) is 102 cm³/mol. The fourth-order valence-corrected chi connectivity index (χ4v) is 2.58. The minimum atomic E-state index is -0.260. The molecule has 0 unspecified atom stereocenters. The van der Waals surface area contributed by atoms with Gasteiger partial charge in [0.2, 0.25) is 0 Å². The molecule has 2 rings (SSSR count). The number of anilines is 1. The summed E-state index contributed by atoms with van der Waals surface area (Å²) in [6.07, 6.45) is 0. The van der Waals surface area contributed by atoms with Crippen molar-refractivity contribution in [1.29, 1.82) is 0 Å². The van der Waals surface area contributed by atoms with Gasteiger partial charge in [0.05, 0.1) is 22.5 Å². The molecule has 5 nitrogen and oxygen atoms in total. The third kappa shape index (κ3) is 5.30. The van der Waals surface area contributed by atoms with Crippen LogP contribution >= 0.6 is 22.6 Å². The first-order chi connectivity index (χ1) is 11.6. The molecule has 0 bridgehead atoms. The lowest BCUT2D eigenvalue weighted by molar-refractivity contribution is -0.118. The van der Waals surface area contributed by atoms with E-state index in [0.717, 1.165) is 3.57 Å². The first-order valence-corrected chi connectivity index (χ1v) is 8.78. The third-order valence-corrected chi connectivity index (χ3v) is 3.92. The van der Waals surface area contributed by atoms with Crippen molar-refractivity contribution in [2.75, 3.05) is 25.1 Å². The van der Waals surface area contributed by atoms with Gasteiger partial charge in [-0.15, -0.1) is 0 Å². The maximum atomic E-state index is 12.2. The molecule has 6 heteroatoms. The average Bonchev–Trinajstić information content (AvgIpc) is 2.57. The van der Waals surface area contributed by atoms with Crippen LogP contribution in [0.4, 0.5) is 5.69 Å². The number of carbonyl (C=O) groups excluding carboxylic acids is 1. The maximum absolute atomic E-state index is 12.2. The topological polar surface area (TPSA) is 56.8 Å². The van der Waals surface area contributed by atoms with Gasteiger partial charge in [0.15, 0.2) is 6.61 Å². The van der Waals surface area contributed by atoms with Crippen LogP contribution in [-0.4, -0.2) is 25.7 Å². The molecule has 24 heavy (non-hydrogen) atoms. The van der Waals surface area contributed by atoms with Gasteiger partial charge in [-0.05, 0) is 60.7 Å². The first-order valence-electron chi connectivity index (χ1n) is 7.70. The molecule has 0 saturated heterocycles. The Morgan fingerprint density at radius 1 is 1.00 bits per heavy atom. The number of halogens is 1. The number of amides is 1. The summed E-state index contributed by atoms with van der Waals surface area (Å²) in [5.41, 5.74) is 0.569. The smallest absolute Gasteiger partial charge is 0.262 e. The molecule has 128 valence electrons. The van der Waals surface area contributed by atoms with Gasteiger partial charge in [0.1, 0.15) is 17.2 Å². The summed E-state index contributed by atoms with van der Waals surface area (Å²) in [7, 11) is 0. The third-order valence-electron chi connectivity index (χ3n) is 3.03. The molecule has 0 fully saturated rings. The lowest BCUT2D eigenvalue weighted by Crippen LogP contribution is -2.21. The lowest BCUT2D eigenvalue weighted by Gasteiger charge is -2.14. The Morgan fingerprint density at radius 2 is 1.75 bits per heavy atom. The number of ether oxygens (including phenoxy) is 3. The number of hydrogen-bond donors (Lipinski definition) is 1. The van der Waals surface area contributed by atoms with Crippen LogP contribution in [0.5, 0.6) is 17.2 Å². The molecular weight excluding hydrogens is 421 g/mol. The van der Waals surface area contributed by atoms with Crippen LogP contribution in [-0.2, 0) is 4.79 Å². The summed E-state index contributed by atoms with van der Waals surface area (Å²) in [6.45, 7) is 4.78. The van der Waals surface area contributed by atoms with Crippen LogP contribution in [0.2, 0.25) is 0 Å². The zero-order chi connectivity index (χ0) is 17.4. The fourth-order valence-electron chi connectivity index (χ4n) is 2.04. The molecule has 0 radical (unpaired) electrons. The lowest BCUT2D eigenvalue weighted by atomic mass is 10.2. The van der Waals surface area contributed by atoms with E-state index in [0.29, 0.717) is 36.1 Å². The second-order valence-electron chi connectivity index (χ2n) is 4.79. The summed E-state index contributed by atoms with van der Waals surface area (Å²) >= 11 is 2.17. The molecule has 1 N–H and O–H groups in total. The Bertz CT molecular complexity index is 690. The molecule has 0 heterocycles. The Kier molecular flexibility index (Phi) is 7.17. The van der Waals surface area contributed by atoms with Crippen LogP contribution in [0.15, 0.2) is 42.5 Å². The Hall–Kier alpha value is -1.96. The van der Waals surface area contributed by atoms with Crippen molar-refractivity contribution >= 4 is 34.2 Å². The summed E-state index contributed by atoms with van der Waals surface area (Å²) in [4.78, 5) is 12.2. The zero-order valence-electron chi connectivity index (χ0n) is 13.7. The highest BCUT2D eigenvalue weighted by molar-refractivity contribution is 14.1. The predicted octanol–water partition coefficient (Wildman–Crippen LogP) is 4.11. The van der Waals surface area contributed by atoms with Crippen molar-refractivity contribution in [2.45, 2.75) is 13.8 Å². The van der Waals surface area contributed by atoms with Crippen molar-refractivity contribution in [3.05, 3.63) is 46.0 Å². The zero-order valence-corrected chi connectivity index (χ0v) is 15.8. The van der Waals surface area contributed by atoms with Crippen LogP contribution in [0.3, 0.4) is 0 Å². The molecule has 0 aliphatic carbocycles. The van der Waals surface area contributed by atoms with Gasteiger partial charge in [0.25, 0.3) is 5.91 Å². The standard InChI is InChI=1S/C18H20INO4/c1-3-22-13-9-10-17(23-4-2)15(11-13)20-18(21)12-24-16-8-6-5-7-14(16)19/h5-11H,3-4,12H2,1-2H3,(H,20,21). The molecular formula is C18H20INO4. The van der Waals surface area contributed by atoms with E-state index in [-0.39, 0.29) is 12.5 Å². The highest BCUT2D eigenvalue weighted by Gasteiger charge is 2.11. The quantitative estimate of drug-likeness (QED) is 0.627. The van der Waals surface area contributed by atoms with E-state index in [4.69, 9.17) is 14.2 Å². The first kappa shape index (κ1) is 18.4. The van der Waals surface area contributed by atoms with Gasteiger partial charge in [-0.3, -0.25) is 4.79 Å². The molecule has 0 aliphatic heterocycles. The molecule has 0 saturated carbocycles. The van der Waals surface area contributed by atoms with Gasteiger partial charge < -0.3 is 19.5 Å². The van der Waals surface area contributed by atoms with Gasteiger partial charge in [-0.25, -0.2) is 0 Å². The van der Waals surface area contributed by atoms with Crippen molar-refractivity contribution < 1.29 is 19.0 Å². The number of carbonyl (C=O) groups is 1. The number of rotatable bonds is 8. The highest BCUT2D eigenvalue weighted by Crippen LogP contribution is 2.29. The van der Waals surface area contributed by atoms with Gasteiger partial charge in [-0.2, -0.15) is 0 Å². The summed E-state index contributed by atoms with van der Waals surface area (Å²) < 4.78 is 17.5. The summed E-state index contributed by atoms with van der Waals surface area (Å²) in [5, 5.41) is 2.81. The minimum absolute atomic E-state index is 0.0789. The normalized spacial score (nSPS) is 10.1. The number of benzene rings is 2. The van der Waals surface area contributed by atoms with E-state index in [1.54, 1.807) is 12.1 Å². The molecule has 0 atom stereocenters. The summed E-state index contributed by atoms with van der Waals surface area (Å²) in [6, 6.07) is 12.9. The molecule has 2 aromatic carbocycles. The monoisotopic (exact) mass is 441 g/mol. The van der Waals surface area contributed by atoms with E-state index in [9.17, 15) is 4.79 Å². The second-order valence-corrected chi connectivity index (χ2v) is 5.95. The number of hydrogen-bond acceptors (Lipinski definition) is 4. The van der Waals surface area contributed by atoms with Crippen LogP contribution in [0.25, 0.3) is 0 Å². The van der Waals surface area contributed by atoms with E-state index >= 15 is 0 Å². The number of para-hydroxylation sites is 1. The van der Waals surface area contributed by atoms with Gasteiger partial charge in [-0.1, -0.05) is 12.1 Å². The Labute approximate surface area is 155 Å². The SMILES string of the molecule is CCOc1ccc(OCC)c(NC(=O)COc2ccccc2I)c1. The maximum Gasteiger partial charge on any atom is 0.262 e. The largest absolute Gasteiger partial charge is 0.494 e. The van der Waals surface area contributed by atoms with Crippen LogP contribution < -0.4 is 19.5 Å². The fraction of sp³-hybridized carbons (Fsp3) is 0.278. The van der Waals surface area contributed by atoms with Crippen LogP contribution in [0, 0.1) is 3.57 Å². The Morgan fingerprint density at radius 3 is 2.46 bits per heavy atom. The summed E-state index contributed by atoms with van der Waals surface area (Å²) in [5.74, 6) is 1.70. The van der Waals surface area contributed by atoms with E-state index in [1.165, 1.54) is 0 Å². The van der Waals surface area contributed by atoms with E-state index in [1.807, 2.05) is 44.2 Å². The average molecular weight is 441 g/mol. The molecule has 0 aromatic heterocycles. The van der Waals surface area contributed by atoms with E-state index < -0.39 is 0 Å². The van der Waals surface area contributed by atoms with Gasteiger partial charge in [0, 0.05) is 6.07 Å². The van der Waals surface area contributed by atoms with Crippen molar-refractivity contribution in [2.24, 2.45) is 0 Å². The second kappa shape index (κ2) is 9.36. The highest BCUT2D eigenvalue weighted by atomic mass is 127. The van der Waals surface area contributed by atoms with E-state index in [2.05, 4.69) is 27.9 Å². The molecule has 2 aromatic rings. The molecule has 0 spiro atoms. The number of nitrogens with one attached hydrogen (secondary N) is 1. The van der Waals surface area contributed by atoms with Crippen molar-refractivity contribution in [1.82, 2.24) is 0 Å². The minimum Gasteiger partial charge on any atom is -0.494 e. The Balaban J connectivity index is 2.04.